The van der Waals surface area contributed by atoms with Crippen molar-refractivity contribution < 1.29 is 23.8 Å². The number of likely N-dealkylation sites (N-methyl/N-ethyl adjacent to an activating group) is 1. The molecule has 0 saturated carbocycles. The summed E-state index contributed by atoms with van der Waals surface area (Å²) in [5, 5.41) is 9.51. The Morgan fingerprint density at radius 3 is 2.53 bits per heavy atom. The molecule has 4 rings (SSSR count). The van der Waals surface area contributed by atoms with Crippen LogP contribution in [0.4, 0.5) is 10.1 Å². The predicted octanol–water partition coefficient (Wildman–Crippen LogP) is 6.10. The minimum atomic E-state index is -1.02. The number of carboxylic acid groups (broad SMARTS) is 1. The normalized spacial score (nSPS) is 15.9. The monoisotopic (exact) mass is 540 g/mol. The van der Waals surface area contributed by atoms with E-state index in [1.54, 1.807) is 43.5 Å². The lowest BCUT2D eigenvalue weighted by Crippen LogP contribution is -2.23. The SMILES string of the molecule is CN1C(=O)C(=Cc2cc(Br)ccc2OCc2ccc(F)cc2)SC1=Nc1ccc(C(=O)O)cc1. The quantitative estimate of drug-likeness (QED) is 0.382. The number of benzene rings is 3. The van der Waals surface area contributed by atoms with E-state index in [-0.39, 0.29) is 23.9 Å². The fourth-order valence-electron chi connectivity index (χ4n) is 3.09. The van der Waals surface area contributed by atoms with Gasteiger partial charge in [-0.25, -0.2) is 14.2 Å². The van der Waals surface area contributed by atoms with E-state index in [1.807, 2.05) is 12.1 Å². The maximum atomic E-state index is 13.1. The van der Waals surface area contributed by atoms with Crippen LogP contribution in [0.15, 0.2) is 81.1 Å². The number of rotatable bonds is 6. The smallest absolute Gasteiger partial charge is 0.335 e. The summed E-state index contributed by atoms with van der Waals surface area (Å²) in [5.41, 5.74) is 2.22. The second-order valence-corrected chi connectivity index (χ2v) is 9.24. The van der Waals surface area contributed by atoms with E-state index in [1.165, 1.54) is 40.9 Å². The highest BCUT2D eigenvalue weighted by Crippen LogP contribution is 2.35. The van der Waals surface area contributed by atoms with Crippen molar-refractivity contribution in [2.75, 3.05) is 7.05 Å². The first-order chi connectivity index (χ1) is 16.3. The number of ether oxygens (including phenoxy) is 1. The van der Waals surface area contributed by atoms with Crippen LogP contribution in [0.3, 0.4) is 0 Å². The third kappa shape index (κ3) is 5.55. The van der Waals surface area contributed by atoms with E-state index < -0.39 is 5.97 Å². The maximum absolute atomic E-state index is 13.1. The average Bonchev–Trinajstić information content (AvgIpc) is 3.07. The van der Waals surface area contributed by atoms with Crippen molar-refractivity contribution in [2.24, 2.45) is 4.99 Å². The van der Waals surface area contributed by atoms with Crippen molar-refractivity contribution in [3.63, 3.8) is 0 Å². The Morgan fingerprint density at radius 1 is 1.15 bits per heavy atom. The molecular formula is C25H18BrFN2O4S. The van der Waals surface area contributed by atoms with E-state index >= 15 is 0 Å². The molecule has 1 heterocycles. The van der Waals surface area contributed by atoms with Gasteiger partial charge < -0.3 is 9.84 Å². The molecule has 0 aromatic heterocycles. The fourth-order valence-corrected chi connectivity index (χ4v) is 4.44. The fraction of sp³-hybridized carbons (Fsp3) is 0.0800. The van der Waals surface area contributed by atoms with Crippen LogP contribution >= 0.6 is 27.7 Å². The standard InChI is InChI=1S/C25H18BrFN2O4S/c1-29-23(30)22(34-25(29)28-20-9-4-16(5-10-20)24(31)32)13-17-12-18(26)6-11-21(17)33-14-15-2-7-19(27)8-3-15/h2-13H,14H2,1H3,(H,31,32). The van der Waals surface area contributed by atoms with Gasteiger partial charge in [-0.1, -0.05) is 28.1 Å². The third-order valence-electron chi connectivity index (χ3n) is 4.91. The summed E-state index contributed by atoms with van der Waals surface area (Å²) in [6.07, 6.45) is 1.74. The average molecular weight is 541 g/mol. The van der Waals surface area contributed by atoms with Gasteiger partial charge >= 0.3 is 5.97 Å². The van der Waals surface area contributed by atoms with Gasteiger partial charge in [0.1, 0.15) is 18.2 Å². The molecule has 1 aliphatic rings. The van der Waals surface area contributed by atoms with Crippen molar-refractivity contribution >= 4 is 56.5 Å². The Balaban J connectivity index is 1.57. The first-order valence-corrected chi connectivity index (χ1v) is 11.7. The van der Waals surface area contributed by atoms with E-state index in [4.69, 9.17) is 9.84 Å². The van der Waals surface area contributed by atoms with Gasteiger partial charge in [0.25, 0.3) is 5.91 Å². The molecule has 6 nitrogen and oxygen atoms in total. The number of carbonyl (C=O) groups excluding carboxylic acids is 1. The highest BCUT2D eigenvalue weighted by Gasteiger charge is 2.30. The number of halogens is 2. The molecule has 34 heavy (non-hydrogen) atoms. The summed E-state index contributed by atoms with van der Waals surface area (Å²) in [5.74, 6) is -0.964. The van der Waals surface area contributed by atoms with Gasteiger partial charge in [-0.3, -0.25) is 9.69 Å². The van der Waals surface area contributed by atoms with Crippen LogP contribution in [0.1, 0.15) is 21.5 Å². The molecule has 0 aliphatic carbocycles. The first-order valence-electron chi connectivity index (χ1n) is 10.1. The van der Waals surface area contributed by atoms with E-state index in [2.05, 4.69) is 20.9 Å². The van der Waals surface area contributed by atoms with Crippen molar-refractivity contribution in [3.05, 3.63) is 98.6 Å². The number of aliphatic imine (C=N–C) groups is 1. The lowest BCUT2D eigenvalue weighted by Gasteiger charge is -2.10. The topological polar surface area (TPSA) is 79.2 Å². The lowest BCUT2D eigenvalue weighted by molar-refractivity contribution is -0.121. The van der Waals surface area contributed by atoms with Crippen LogP contribution in [-0.4, -0.2) is 34.1 Å². The van der Waals surface area contributed by atoms with E-state index in [0.29, 0.717) is 27.1 Å². The molecular weight excluding hydrogens is 523 g/mol. The first kappa shape index (κ1) is 23.7. The van der Waals surface area contributed by atoms with Gasteiger partial charge in [0.15, 0.2) is 5.17 Å². The Labute approximate surface area is 207 Å². The molecule has 3 aromatic carbocycles. The Bertz CT molecular complexity index is 1310. The number of hydrogen-bond donors (Lipinski definition) is 1. The maximum Gasteiger partial charge on any atom is 0.335 e. The van der Waals surface area contributed by atoms with Crippen LogP contribution in [0.5, 0.6) is 5.75 Å². The molecule has 3 aromatic rings. The molecule has 1 aliphatic heterocycles. The molecule has 0 spiro atoms. The minimum Gasteiger partial charge on any atom is -0.488 e. The van der Waals surface area contributed by atoms with Crippen LogP contribution in [0.25, 0.3) is 6.08 Å². The van der Waals surface area contributed by atoms with Gasteiger partial charge in [-0.05, 0) is 78.0 Å². The minimum absolute atomic E-state index is 0.163. The van der Waals surface area contributed by atoms with Crippen LogP contribution in [-0.2, 0) is 11.4 Å². The largest absolute Gasteiger partial charge is 0.488 e. The van der Waals surface area contributed by atoms with Gasteiger partial charge in [0.05, 0.1) is 16.2 Å². The van der Waals surface area contributed by atoms with Gasteiger partial charge in [-0.15, -0.1) is 0 Å². The van der Waals surface area contributed by atoms with Crippen molar-refractivity contribution in [2.45, 2.75) is 6.61 Å². The Hall–Kier alpha value is -3.43. The number of nitrogens with zero attached hydrogens (tertiary/aromatic N) is 2. The summed E-state index contributed by atoms with van der Waals surface area (Å²) >= 11 is 4.67. The molecule has 9 heteroatoms. The Kier molecular flexibility index (Phi) is 7.14. The number of amides is 1. The lowest BCUT2D eigenvalue weighted by atomic mass is 10.1. The zero-order chi connectivity index (χ0) is 24.2. The molecule has 1 N–H and O–H groups in total. The number of aromatic carboxylic acids is 1. The number of amidine groups is 1. The van der Waals surface area contributed by atoms with Crippen molar-refractivity contribution in [1.82, 2.24) is 4.90 Å². The predicted molar refractivity (Wildman–Crippen MR) is 134 cm³/mol. The second-order valence-electron chi connectivity index (χ2n) is 7.32. The van der Waals surface area contributed by atoms with Crippen molar-refractivity contribution in [1.29, 1.82) is 0 Å². The molecule has 0 radical (unpaired) electrons. The van der Waals surface area contributed by atoms with Crippen LogP contribution < -0.4 is 4.74 Å². The summed E-state index contributed by atoms with van der Waals surface area (Å²) in [7, 11) is 1.63. The Morgan fingerprint density at radius 2 is 1.85 bits per heavy atom. The van der Waals surface area contributed by atoms with Gasteiger partial charge in [-0.2, -0.15) is 0 Å². The second kappa shape index (κ2) is 10.2. The highest BCUT2D eigenvalue weighted by atomic mass is 79.9. The van der Waals surface area contributed by atoms with Crippen LogP contribution in [0.2, 0.25) is 0 Å². The summed E-state index contributed by atoms with van der Waals surface area (Å²) in [6, 6.07) is 17.7. The summed E-state index contributed by atoms with van der Waals surface area (Å²) < 4.78 is 19.9. The molecule has 0 unspecified atom stereocenters. The van der Waals surface area contributed by atoms with E-state index in [9.17, 15) is 14.0 Å². The zero-order valence-electron chi connectivity index (χ0n) is 17.9. The van der Waals surface area contributed by atoms with Crippen LogP contribution in [0, 0.1) is 5.82 Å². The van der Waals surface area contributed by atoms with E-state index in [0.717, 1.165) is 10.0 Å². The number of carboxylic acids is 1. The number of carbonyl (C=O) groups is 2. The molecule has 0 bridgehead atoms. The third-order valence-corrected chi connectivity index (χ3v) is 6.46. The molecule has 172 valence electrons. The summed E-state index contributed by atoms with van der Waals surface area (Å²) in [4.78, 5) is 30.3. The summed E-state index contributed by atoms with van der Waals surface area (Å²) in [6.45, 7) is 0.248. The number of hydrogen-bond acceptors (Lipinski definition) is 5. The zero-order valence-corrected chi connectivity index (χ0v) is 20.3. The molecule has 1 saturated heterocycles. The van der Waals surface area contributed by atoms with Gasteiger partial charge in [0.2, 0.25) is 0 Å². The highest BCUT2D eigenvalue weighted by molar-refractivity contribution is 9.10. The number of thioether (sulfide) groups is 1. The molecule has 0 atom stereocenters. The molecule has 1 fully saturated rings. The molecule has 1 amide bonds. The van der Waals surface area contributed by atoms with Gasteiger partial charge in [0, 0.05) is 17.1 Å². The van der Waals surface area contributed by atoms with Crippen molar-refractivity contribution in [3.8, 4) is 5.75 Å².